The molecule has 0 N–H and O–H groups in total. The van der Waals surface area contributed by atoms with E-state index in [4.69, 9.17) is 11.6 Å². The molecular formula is C11H10BrClN4S. The molecule has 2 aromatic rings. The number of hydrogen-bond acceptors (Lipinski definition) is 4. The highest BCUT2D eigenvalue weighted by molar-refractivity contribution is 8.93. The number of benzene rings is 1. The fourth-order valence-corrected chi connectivity index (χ4v) is 2.62. The average Bonchev–Trinajstić information content (AvgIpc) is 2.72. The van der Waals surface area contributed by atoms with Gasteiger partial charge < -0.3 is 0 Å². The van der Waals surface area contributed by atoms with Gasteiger partial charge in [-0.25, -0.2) is 0 Å². The van der Waals surface area contributed by atoms with Gasteiger partial charge in [0.15, 0.2) is 5.82 Å². The summed E-state index contributed by atoms with van der Waals surface area (Å²) in [5, 5.41) is 14.2. The van der Waals surface area contributed by atoms with Gasteiger partial charge in [0.05, 0.1) is 5.71 Å². The van der Waals surface area contributed by atoms with E-state index in [0.717, 1.165) is 33.0 Å². The highest BCUT2D eigenvalue weighted by Gasteiger charge is 2.17. The normalized spacial score (nSPS) is 13.6. The van der Waals surface area contributed by atoms with Crippen molar-refractivity contribution in [2.45, 2.75) is 12.1 Å². The molecule has 0 radical (unpaired) electrons. The van der Waals surface area contributed by atoms with Crippen LogP contribution < -0.4 is 0 Å². The van der Waals surface area contributed by atoms with Crippen LogP contribution in [0.5, 0.6) is 0 Å². The highest BCUT2D eigenvalue weighted by Crippen LogP contribution is 2.24. The second kappa shape index (κ2) is 5.42. The van der Waals surface area contributed by atoms with Crippen LogP contribution in [0.1, 0.15) is 11.4 Å². The van der Waals surface area contributed by atoms with E-state index in [-0.39, 0.29) is 17.0 Å². The van der Waals surface area contributed by atoms with Crippen molar-refractivity contribution in [1.29, 1.82) is 0 Å². The Balaban J connectivity index is 0.00000120. The lowest BCUT2D eigenvalue weighted by molar-refractivity contribution is 0.734. The molecule has 1 aliphatic rings. The number of thioether (sulfide) groups is 1. The van der Waals surface area contributed by atoms with Crippen molar-refractivity contribution in [3.05, 3.63) is 40.7 Å². The Labute approximate surface area is 124 Å². The van der Waals surface area contributed by atoms with Crippen LogP contribution in [0.15, 0.2) is 34.5 Å². The fourth-order valence-electron chi connectivity index (χ4n) is 1.61. The van der Waals surface area contributed by atoms with Crippen LogP contribution in [-0.2, 0) is 0 Å². The number of fused-ring (bicyclic) bond motifs is 1. The third-order valence-corrected chi connectivity index (χ3v) is 3.69. The summed E-state index contributed by atoms with van der Waals surface area (Å²) < 4.78 is 1.78. The van der Waals surface area contributed by atoms with Gasteiger partial charge >= 0.3 is 0 Å². The number of aryl methyl sites for hydroxylation is 1. The fraction of sp³-hybridized carbons (Fsp3) is 0.182. The zero-order valence-corrected chi connectivity index (χ0v) is 12.8. The van der Waals surface area contributed by atoms with Crippen molar-refractivity contribution >= 4 is 46.1 Å². The van der Waals surface area contributed by atoms with Crippen LogP contribution in [0.4, 0.5) is 0 Å². The maximum Gasteiger partial charge on any atom is 0.212 e. The first kappa shape index (κ1) is 13.6. The van der Waals surface area contributed by atoms with Crippen LogP contribution in [0, 0.1) is 6.92 Å². The second-order valence-electron chi connectivity index (χ2n) is 3.68. The minimum absolute atomic E-state index is 0. The number of rotatable bonds is 1. The minimum atomic E-state index is 0. The van der Waals surface area contributed by atoms with Gasteiger partial charge in [-0.3, -0.25) is 0 Å². The zero-order valence-electron chi connectivity index (χ0n) is 9.50. The van der Waals surface area contributed by atoms with E-state index in [0.29, 0.717) is 0 Å². The molecule has 0 amide bonds. The Morgan fingerprint density at radius 1 is 1.22 bits per heavy atom. The topological polar surface area (TPSA) is 43.1 Å². The first-order valence-corrected chi connectivity index (χ1v) is 6.49. The van der Waals surface area contributed by atoms with E-state index in [1.165, 1.54) is 0 Å². The Kier molecular flexibility index (Phi) is 4.09. The molecule has 0 unspecified atom stereocenters. The van der Waals surface area contributed by atoms with Crippen LogP contribution in [0.2, 0.25) is 5.02 Å². The van der Waals surface area contributed by atoms with E-state index >= 15 is 0 Å². The lowest BCUT2D eigenvalue weighted by atomic mass is 10.1. The molecule has 0 aliphatic carbocycles. The van der Waals surface area contributed by atoms with E-state index in [2.05, 4.69) is 15.3 Å². The molecule has 1 aliphatic heterocycles. The van der Waals surface area contributed by atoms with Crippen molar-refractivity contribution in [1.82, 2.24) is 14.9 Å². The lowest BCUT2D eigenvalue weighted by Gasteiger charge is -2.12. The summed E-state index contributed by atoms with van der Waals surface area (Å²) in [4.78, 5) is 0. The zero-order chi connectivity index (χ0) is 11.8. The Morgan fingerprint density at radius 3 is 2.67 bits per heavy atom. The second-order valence-corrected chi connectivity index (χ2v) is 5.06. The number of nitrogens with zero attached hydrogens (tertiary/aromatic N) is 4. The van der Waals surface area contributed by atoms with Crippen molar-refractivity contribution in [3.63, 3.8) is 0 Å². The third-order valence-electron chi connectivity index (χ3n) is 2.50. The summed E-state index contributed by atoms with van der Waals surface area (Å²) >= 11 is 7.51. The predicted molar refractivity (Wildman–Crippen MR) is 79.2 cm³/mol. The maximum absolute atomic E-state index is 5.87. The summed E-state index contributed by atoms with van der Waals surface area (Å²) in [5.41, 5.74) is 2.10. The van der Waals surface area contributed by atoms with Crippen molar-refractivity contribution in [2.24, 2.45) is 5.10 Å². The Hall–Kier alpha value is -0.850. The molecule has 18 heavy (non-hydrogen) atoms. The molecule has 1 aromatic heterocycles. The largest absolute Gasteiger partial charge is 0.212 e. The van der Waals surface area contributed by atoms with Gasteiger partial charge in [-0.1, -0.05) is 35.5 Å². The summed E-state index contributed by atoms with van der Waals surface area (Å²) in [6.45, 7) is 1.89. The monoisotopic (exact) mass is 344 g/mol. The lowest BCUT2D eigenvalue weighted by Crippen LogP contribution is -2.13. The molecule has 0 saturated heterocycles. The molecular weight excluding hydrogens is 336 g/mol. The van der Waals surface area contributed by atoms with Gasteiger partial charge in [0.1, 0.15) is 0 Å². The number of aromatic nitrogens is 3. The summed E-state index contributed by atoms with van der Waals surface area (Å²) in [6, 6.07) is 7.70. The van der Waals surface area contributed by atoms with Gasteiger partial charge in [0.2, 0.25) is 5.16 Å². The first-order chi connectivity index (χ1) is 8.24. The maximum atomic E-state index is 5.87. The standard InChI is InChI=1S/C11H9ClN4S.BrH/c1-7-13-14-11-16(7)15-10(6-17-11)8-2-4-9(12)5-3-8;/h2-5H,6H2,1H3;1H. The molecule has 3 rings (SSSR count). The van der Waals surface area contributed by atoms with E-state index in [9.17, 15) is 0 Å². The Bertz CT molecular complexity index is 594. The molecule has 0 spiro atoms. The van der Waals surface area contributed by atoms with Gasteiger partial charge in [0.25, 0.3) is 0 Å². The minimum Gasteiger partial charge on any atom is -0.191 e. The average molecular weight is 346 g/mol. The predicted octanol–water partition coefficient (Wildman–Crippen LogP) is 3.18. The number of halogens is 2. The molecule has 7 heteroatoms. The smallest absolute Gasteiger partial charge is 0.191 e. The number of hydrogen-bond donors (Lipinski definition) is 0. The molecule has 0 saturated carbocycles. The third kappa shape index (κ3) is 2.46. The first-order valence-electron chi connectivity index (χ1n) is 5.12. The molecule has 0 bridgehead atoms. The van der Waals surface area contributed by atoms with Crippen molar-refractivity contribution in [3.8, 4) is 0 Å². The SMILES string of the molecule is Br.Cc1nnc2n1N=C(c1ccc(Cl)cc1)CS2. The van der Waals surface area contributed by atoms with Crippen LogP contribution in [0.3, 0.4) is 0 Å². The summed E-state index contributed by atoms with van der Waals surface area (Å²) in [7, 11) is 0. The van der Waals surface area contributed by atoms with Gasteiger partial charge in [-0.05, 0) is 24.6 Å². The summed E-state index contributed by atoms with van der Waals surface area (Å²) in [6.07, 6.45) is 0. The molecule has 2 heterocycles. The van der Waals surface area contributed by atoms with Gasteiger partial charge in [-0.15, -0.1) is 27.2 Å². The highest BCUT2D eigenvalue weighted by atomic mass is 79.9. The Morgan fingerprint density at radius 2 is 1.94 bits per heavy atom. The van der Waals surface area contributed by atoms with Gasteiger partial charge in [0, 0.05) is 10.8 Å². The molecule has 4 nitrogen and oxygen atoms in total. The molecule has 1 aromatic carbocycles. The quantitative estimate of drug-likeness (QED) is 0.797. The summed E-state index contributed by atoms with van der Waals surface area (Å²) in [5.74, 6) is 1.61. The van der Waals surface area contributed by atoms with Crippen molar-refractivity contribution < 1.29 is 0 Å². The van der Waals surface area contributed by atoms with Crippen LogP contribution in [0.25, 0.3) is 0 Å². The van der Waals surface area contributed by atoms with E-state index in [1.807, 2.05) is 31.2 Å². The van der Waals surface area contributed by atoms with Crippen LogP contribution >= 0.6 is 40.3 Å². The van der Waals surface area contributed by atoms with Crippen LogP contribution in [-0.4, -0.2) is 26.3 Å². The molecule has 0 atom stereocenters. The van der Waals surface area contributed by atoms with Gasteiger partial charge in [-0.2, -0.15) is 9.78 Å². The van der Waals surface area contributed by atoms with E-state index in [1.54, 1.807) is 16.4 Å². The van der Waals surface area contributed by atoms with E-state index < -0.39 is 0 Å². The van der Waals surface area contributed by atoms with Crippen molar-refractivity contribution in [2.75, 3.05) is 5.75 Å². The molecule has 94 valence electrons. The molecule has 0 fully saturated rings.